The summed E-state index contributed by atoms with van der Waals surface area (Å²) in [5.41, 5.74) is 0. The second-order valence-electron chi connectivity index (χ2n) is 6.32. The van der Waals surface area contributed by atoms with Crippen LogP contribution in [-0.4, -0.2) is 36.1 Å². The molecule has 1 saturated carbocycles. The van der Waals surface area contributed by atoms with Crippen LogP contribution in [0.15, 0.2) is 0 Å². The maximum absolute atomic E-state index is 3.59. The smallest absolute Gasteiger partial charge is 0.0196 e. The predicted octanol–water partition coefficient (Wildman–Crippen LogP) is 3.03. The second-order valence-corrected chi connectivity index (χ2v) is 6.32. The first kappa shape index (κ1) is 13.4. The highest BCUT2D eigenvalue weighted by molar-refractivity contribution is 4.88. The van der Waals surface area contributed by atoms with Gasteiger partial charge in [0, 0.05) is 31.2 Å². The fraction of sp³-hybridized carbons (Fsp3) is 1.00. The molecule has 1 heterocycles. The van der Waals surface area contributed by atoms with Crippen molar-refractivity contribution >= 4 is 0 Å². The Kier molecular flexibility index (Phi) is 4.87. The summed E-state index contributed by atoms with van der Waals surface area (Å²) in [6.07, 6.45) is 8.67. The van der Waals surface area contributed by atoms with Gasteiger partial charge in [0.1, 0.15) is 0 Å². The molecule has 0 aromatic rings. The van der Waals surface area contributed by atoms with Gasteiger partial charge in [-0.15, -0.1) is 0 Å². The fourth-order valence-corrected chi connectivity index (χ4v) is 3.73. The van der Waals surface area contributed by atoms with Gasteiger partial charge in [-0.05, 0) is 45.4 Å². The Morgan fingerprint density at radius 2 is 1.82 bits per heavy atom. The molecule has 1 N–H and O–H groups in total. The number of nitrogens with one attached hydrogen (secondary N) is 1. The Balaban J connectivity index is 1.82. The van der Waals surface area contributed by atoms with Gasteiger partial charge in [-0.25, -0.2) is 0 Å². The van der Waals surface area contributed by atoms with Gasteiger partial charge in [-0.3, -0.25) is 4.90 Å². The molecule has 2 rings (SSSR count). The van der Waals surface area contributed by atoms with Crippen molar-refractivity contribution in [2.45, 2.75) is 77.4 Å². The summed E-state index contributed by atoms with van der Waals surface area (Å²) in [5, 5.41) is 3.59. The van der Waals surface area contributed by atoms with Crippen molar-refractivity contribution in [3.63, 3.8) is 0 Å². The highest BCUT2D eigenvalue weighted by Crippen LogP contribution is 2.31. The molecular formula is C15H30N2. The topological polar surface area (TPSA) is 15.3 Å². The summed E-state index contributed by atoms with van der Waals surface area (Å²) in [6.45, 7) is 9.46. The molecule has 0 spiro atoms. The lowest BCUT2D eigenvalue weighted by Gasteiger charge is -2.45. The monoisotopic (exact) mass is 238 g/mol. The molecule has 2 unspecified atom stereocenters. The third-order valence-electron chi connectivity index (χ3n) is 4.79. The zero-order valence-electron chi connectivity index (χ0n) is 11.9. The lowest BCUT2D eigenvalue weighted by molar-refractivity contribution is 0.0629. The van der Waals surface area contributed by atoms with Gasteiger partial charge in [0.2, 0.25) is 0 Å². The zero-order valence-corrected chi connectivity index (χ0v) is 11.9. The first-order valence-electron chi connectivity index (χ1n) is 7.69. The first-order chi connectivity index (χ1) is 8.20. The highest BCUT2D eigenvalue weighted by atomic mass is 15.2. The molecule has 2 nitrogen and oxygen atoms in total. The maximum atomic E-state index is 3.59. The van der Waals surface area contributed by atoms with Crippen molar-refractivity contribution in [2.24, 2.45) is 5.92 Å². The SMILES string of the molecule is CCCC1CCC(N2CC(C)NCC2C)CC1. The summed E-state index contributed by atoms with van der Waals surface area (Å²) in [5.74, 6) is 1.03. The van der Waals surface area contributed by atoms with Gasteiger partial charge >= 0.3 is 0 Å². The Morgan fingerprint density at radius 1 is 1.12 bits per heavy atom. The molecule has 2 atom stereocenters. The summed E-state index contributed by atoms with van der Waals surface area (Å²) < 4.78 is 0. The van der Waals surface area contributed by atoms with E-state index in [1.165, 1.54) is 51.6 Å². The number of rotatable bonds is 3. The minimum atomic E-state index is 0.680. The molecule has 2 heteroatoms. The van der Waals surface area contributed by atoms with E-state index in [1.807, 2.05) is 0 Å². The lowest BCUT2D eigenvalue weighted by Crippen LogP contribution is -2.58. The van der Waals surface area contributed by atoms with Crippen molar-refractivity contribution in [1.82, 2.24) is 10.2 Å². The molecule has 0 bridgehead atoms. The highest BCUT2D eigenvalue weighted by Gasteiger charge is 2.31. The molecule has 2 fully saturated rings. The van der Waals surface area contributed by atoms with E-state index in [9.17, 15) is 0 Å². The minimum absolute atomic E-state index is 0.680. The Morgan fingerprint density at radius 3 is 2.47 bits per heavy atom. The Bertz CT molecular complexity index is 221. The molecule has 1 saturated heterocycles. The molecule has 2 aliphatic rings. The number of piperazine rings is 1. The van der Waals surface area contributed by atoms with Crippen LogP contribution < -0.4 is 5.32 Å². The number of nitrogens with zero attached hydrogens (tertiary/aromatic N) is 1. The lowest BCUT2D eigenvalue weighted by atomic mass is 9.82. The fourth-order valence-electron chi connectivity index (χ4n) is 3.73. The van der Waals surface area contributed by atoms with E-state index in [1.54, 1.807) is 0 Å². The summed E-state index contributed by atoms with van der Waals surface area (Å²) in [6, 6.07) is 2.29. The van der Waals surface area contributed by atoms with Crippen LogP contribution in [-0.2, 0) is 0 Å². The second kappa shape index (κ2) is 6.19. The van der Waals surface area contributed by atoms with E-state index in [0.29, 0.717) is 6.04 Å². The quantitative estimate of drug-likeness (QED) is 0.813. The van der Waals surface area contributed by atoms with Crippen molar-refractivity contribution in [2.75, 3.05) is 13.1 Å². The van der Waals surface area contributed by atoms with E-state index >= 15 is 0 Å². The van der Waals surface area contributed by atoms with Gasteiger partial charge < -0.3 is 5.32 Å². The van der Waals surface area contributed by atoms with Gasteiger partial charge in [0.05, 0.1) is 0 Å². The molecule has 1 aliphatic heterocycles. The number of hydrogen-bond donors (Lipinski definition) is 1. The van der Waals surface area contributed by atoms with Gasteiger partial charge in [-0.1, -0.05) is 19.8 Å². The van der Waals surface area contributed by atoms with Crippen LogP contribution in [0.4, 0.5) is 0 Å². The van der Waals surface area contributed by atoms with E-state index in [0.717, 1.165) is 18.0 Å². The van der Waals surface area contributed by atoms with E-state index < -0.39 is 0 Å². The van der Waals surface area contributed by atoms with E-state index in [-0.39, 0.29) is 0 Å². The molecule has 0 radical (unpaired) electrons. The van der Waals surface area contributed by atoms with Gasteiger partial charge in [-0.2, -0.15) is 0 Å². The van der Waals surface area contributed by atoms with Crippen LogP contribution in [0.3, 0.4) is 0 Å². The third-order valence-corrected chi connectivity index (χ3v) is 4.79. The van der Waals surface area contributed by atoms with Crippen molar-refractivity contribution < 1.29 is 0 Å². The van der Waals surface area contributed by atoms with E-state index in [2.05, 4.69) is 31.0 Å². The largest absolute Gasteiger partial charge is 0.311 e. The van der Waals surface area contributed by atoms with Crippen LogP contribution in [0, 0.1) is 5.92 Å². The van der Waals surface area contributed by atoms with Crippen LogP contribution in [0.1, 0.15) is 59.3 Å². The molecule has 1 aliphatic carbocycles. The minimum Gasteiger partial charge on any atom is -0.311 e. The maximum Gasteiger partial charge on any atom is 0.0196 e. The van der Waals surface area contributed by atoms with Gasteiger partial charge in [0.25, 0.3) is 0 Å². The normalized spacial score (nSPS) is 40.4. The molecule has 100 valence electrons. The predicted molar refractivity (Wildman–Crippen MR) is 74.3 cm³/mol. The van der Waals surface area contributed by atoms with Crippen molar-refractivity contribution in [3.05, 3.63) is 0 Å². The molecular weight excluding hydrogens is 208 g/mol. The van der Waals surface area contributed by atoms with Crippen LogP contribution in [0.5, 0.6) is 0 Å². The Hall–Kier alpha value is -0.0800. The van der Waals surface area contributed by atoms with Crippen LogP contribution in [0.25, 0.3) is 0 Å². The average Bonchev–Trinajstić information content (AvgIpc) is 2.34. The van der Waals surface area contributed by atoms with Crippen molar-refractivity contribution in [3.8, 4) is 0 Å². The molecule has 0 aromatic carbocycles. The van der Waals surface area contributed by atoms with Crippen LogP contribution in [0.2, 0.25) is 0 Å². The Labute approximate surface area is 107 Å². The first-order valence-corrected chi connectivity index (χ1v) is 7.69. The molecule has 0 amide bonds. The van der Waals surface area contributed by atoms with Gasteiger partial charge in [0.15, 0.2) is 0 Å². The average molecular weight is 238 g/mol. The summed E-state index contributed by atoms with van der Waals surface area (Å²) in [4.78, 5) is 2.78. The molecule has 17 heavy (non-hydrogen) atoms. The summed E-state index contributed by atoms with van der Waals surface area (Å²) >= 11 is 0. The molecule has 0 aromatic heterocycles. The summed E-state index contributed by atoms with van der Waals surface area (Å²) in [7, 11) is 0. The third kappa shape index (κ3) is 3.45. The number of hydrogen-bond acceptors (Lipinski definition) is 2. The standard InChI is InChI=1S/C15H30N2/c1-4-5-14-6-8-15(9-7-14)17-11-12(2)16-10-13(17)3/h12-16H,4-11H2,1-3H3. The zero-order chi connectivity index (χ0) is 12.3. The van der Waals surface area contributed by atoms with E-state index in [4.69, 9.17) is 0 Å². The van der Waals surface area contributed by atoms with Crippen LogP contribution >= 0.6 is 0 Å². The van der Waals surface area contributed by atoms with Crippen molar-refractivity contribution in [1.29, 1.82) is 0 Å².